The van der Waals surface area contributed by atoms with Crippen molar-refractivity contribution in [1.29, 1.82) is 0 Å². The molecule has 46 heavy (non-hydrogen) atoms. The summed E-state index contributed by atoms with van der Waals surface area (Å²) in [5.74, 6) is 1.22. The molecule has 2 N–H and O–H groups in total. The highest BCUT2D eigenvalue weighted by Crippen LogP contribution is 2.23. The molecule has 3 aromatic rings. The van der Waals surface area contributed by atoms with Crippen LogP contribution in [-0.2, 0) is 0 Å². The SMILES string of the molecule is O=[N+]([O-])c1ccc(N2CCN(C[C@H](O)COc3ccc(OC[C@@H](O)CN4CCN(c5ccc([N+](=O)[O-])cc5)CC4)cc3)CC2)cc1. The molecule has 0 amide bonds. The molecule has 0 aromatic heterocycles. The van der Waals surface area contributed by atoms with E-state index < -0.39 is 22.1 Å². The van der Waals surface area contributed by atoms with Gasteiger partial charge in [-0.05, 0) is 48.5 Å². The average molecular weight is 637 g/mol. The number of benzene rings is 3. The highest BCUT2D eigenvalue weighted by molar-refractivity contribution is 5.52. The van der Waals surface area contributed by atoms with Crippen LogP contribution in [0, 0.1) is 20.2 Å². The summed E-state index contributed by atoms with van der Waals surface area (Å²) in [5, 5.41) is 42.8. The van der Waals surface area contributed by atoms with Crippen molar-refractivity contribution in [2.75, 3.05) is 88.5 Å². The van der Waals surface area contributed by atoms with Gasteiger partial charge in [-0.3, -0.25) is 30.0 Å². The lowest BCUT2D eigenvalue weighted by atomic mass is 10.2. The van der Waals surface area contributed by atoms with E-state index in [1.165, 1.54) is 24.3 Å². The normalized spacial score (nSPS) is 17.3. The Morgan fingerprint density at radius 3 is 1.20 bits per heavy atom. The van der Waals surface area contributed by atoms with E-state index in [4.69, 9.17) is 9.47 Å². The molecule has 0 spiro atoms. The van der Waals surface area contributed by atoms with Gasteiger partial charge in [0.25, 0.3) is 11.4 Å². The number of aliphatic hydroxyl groups is 2. The number of hydrogen-bond acceptors (Lipinski definition) is 12. The van der Waals surface area contributed by atoms with Crippen LogP contribution in [0.3, 0.4) is 0 Å². The number of hydrogen-bond donors (Lipinski definition) is 2. The van der Waals surface area contributed by atoms with Gasteiger partial charge in [0.1, 0.15) is 36.9 Å². The fourth-order valence-electron chi connectivity index (χ4n) is 5.67. The van der Waals surface area contributed by atoms with Gasteiger partial charge in [0.05, 0.1) is 9.85 Å². The van der Waals surface area contributed by atoms with E-state index in [0.29, 0.717) is 24.6 Å². The number of ether oxygens (including phenoxy) is 2. The Kier molecular flexibility index (Phi) is 11.2. The Morgan fingerprint density at radius 1 is 0.565 bits per heavy atom. The fourth-order valence-corrected chi connectivity index (χ4v) is 5.67. The highest BCUT2D eigenvalue weighted by atomic mass is 16.6. The van der Waals surface area contributed by atoms with Crippen molar-refractivity contribution in [2.45, 2.75) is 12.2 Å². The molecule has 2 aliphatic rings. The largest absolute Gasteiger partial charge is 0.491 e. The third kappa shape index (κ3) is 9.26. The number of anilines is 2. The van der Waals surface area contributed by atoms with Crippen LogP contribution in [0.15, 0.2) is 72.8 Å². The Labute approximate surface area is 267 Å². The van der Waals surface area contributed by atoms with E-state index in [2.05, 4.69) is 19.6 Å². The van der Waals surface area contributed by atoms with Crippen LogP contribution in [-0.4, -0.2) is 121 Å². The molecule has 0 bridgehead atoms. The molecule has 14 nitrogen and oxygen atoms in total. The molecule has 0 unspecified atom stereocenters. The van der Waals surface area contributed by atoms with Crippen molar-refractivity contribution in [2.24, 2.45) is 0 Å². The van der Waals surface area contributed by atoms with E-state index in [1.807, 2.05) is 0 Å². The van der Waals surface area contributed by atoms with Gasteiger partial charge in [-0.1, -0.05) is 0 Å². The minimum absolute atomic E-state index is 0.0773. The third-order valence-electron chi connectivity index (χ3n) is 8.24. The lowest BCUT2D eigenvalue weighted by Gasteiger charge is -2.36. The molecule has 2 heterocycles. The second-order valence-corrected chi connectivity index (χ2v) is 11.5. The molecule has 246 valence electrons. The molecule has 0 aliphatic carbocycles. The summed E-state index contributed by atoms with van der Waals surface area (Å²) < 4.78 is 11.6. The number of nitro benzene ring substituents is 2. The molecule has 2 fully saturated rings. The van der Waals surface area contributed by atoms with Crippen LogP contribution in [0.5, 0.6) is 11.5 Å². The number of nitrogens with zero attached hydrogens (tertiary/aromatic N) is 6. The zero-order valence-electron chi connectivity index (χ0n) is 25.6. The number of nitro groups is 2. The maximum absolute atomic E-state index is 10.9. The summed E-state index contributed by atoms with van der Waals surface area (Å²) in [4.78, 5) is 29.7. The van der Waals surface area contributed by atoms with Crippen molar-refractivity contribution in [1.82, 2.24) is 9.80 Å². The predicted octanol–water partition coefficient (Wildman–Crippen LogP) is 2.63. The van der Waals surface area contributed by atoms with Crippen molar-refractivity contribution >= 4 is 22.7 Å². The lowest BCUT2D eigenvalue weighted by molar-refractivity contribution is -0.385. The second kappa shape index (κ2) is 15.7. The highest BCUT2D eigenvalue weighted by Gasteiger charge is 2.22. The summed E-state index contributed by atoms with van der Waals surface area (Å²) in [6.45, 7) is 7.41. The van der Waals surface area contributed by atoms with E-state index in [0.717, 1.165) is 63.7 Å². The quantitative estimate of drug-likeness (QED) is 0.197. The van der Waals surface area contributed by atoms with Gasteiger partial charge in [0, 0.05) is 101 Å². The topological polar surface area (TPSA) is 158 Å². The van der Waals surface area contributed by atoms with Gasteiger partial charge in [0.2, 0.25) is 0 Å². The van der Waals surface area contributed by atoms with Crippen molar-refractivity contribution in [3.8, 4) is 11.5 Å². The second-order valence-electron chi connectivity index (χ2n) is 11.5. The summed E-state index contributed by atoms with van der Waals surface area (Å²) >= 11 is 0. The Morgan fingerprint density at radius 2 is 0.891 bits per heavy atom. The Balaban J connectivity index is 0.950. The van der Waals surface area contributed by atoms with Crippen LogP contribution >= 0.6 is 0 Å². The first-order chi connectivity index (χ1) is 22.2. The van der Waals surface area contributed by atoms with Gasteiger partial charge in [-0.15, -0.1) is 0 Å². The minimum atomic E-state index is -0.659. The molecular formula is C32H40N6O8. The minimum Gasteiger partial charge on any atom is -0.491 e. The Hall–Kier alpha value is -4.50. The van der Waals surface area contributed by atoms with Gasteiger partial charge in [-0.2, -0.15) is 0 Å². The van der Waals surface area contributed by atoms with Crippen LogP contribution in [0.2, 0.25) is 0 Å². The molecule has 3 aromatic carbocycles. The van der Waals surface area contributed by atoms with E-state index >= 15 is 0 Å². The lowest BCUT2D eigenvalue weighted by Crippen LogP contribution is -2.49. The number of rotatable bonds is 14. The third-order valence-corrected chi connectivity index (χ3v) is 8.24. The molecule has 0 saturated carbocycles. The molecular weight excluding hydrogens is 596 g/mol. The zero-order chi connectivity index (χ0) is 32.5. The summed E-state index contributed by atoms with van der Waals surface area (Å²) in [5.41, 5.74) is 2.06. The number of aliphatic hydroxyl groups excluding tert-OH is 2. The maximum Gasteiger partial charge on any atom is 0.269 e. The van der Waals surface area contributed by atoms with Gasteiger partial charge in [0.15, 0.2) is 0 Å². The first-order valence-electron chi connectivity index (χ1n) is 15.4. The molecule has 2 atom stereocenters. The number of β-amino-alcohol motifs (C(OH)–C–C–N with tert-alkyl or cyclic N) is 2. The predicted molar refractivity (Wildman–Crippen MR) is 173 cm³/mol. The summed E-state index contributed by atoms with van der Waals surface area (Å²) in [6.07, 6.45) is -1.32. The fraction of sp³-hybridized carbons (Fsp3) is 0.438. The first kappa shape index (κ1) is 32.9. The van der Waals surface area contributed by atoms with Gasteiger partial charge < -0.3 is 29.5 Å². The summed E-state index contributed by atoms with van der Waals surface area (Å²) in [6, 6.07) is 20.2. The number of non-ortho nitro benzene ring substituents is 2. The van der Waals surface area contributed by atoms with Crippen LogP contribution < -0.4 is 19.3 Å². The molecule has 2 saturated heterocycles. The molecule has 0 radical (unpaired) electrons. The van der Waals surface area contributed by atoms with Crippen LogP contribution in [0.1, 0.15) is 0 Å². The first-order valence-corrected chi connectivity index (χ1v) is 15.4. The maximum atomic E-state index is 10.9. The van der Waals surface area contributed by atoms with E-state index in [9.17, 15) is 30.4 Å². The van der Waals surface area contributed by atoms with Crippen molar-refractivity contribution in [3.05, 3.63) is 93.0 Å². The van der Waals surface area contributed by atoms with E-state index in [1.54, 1.807) is 48.5 Å². The van der Waals surface area contributed by atoms with Gasteiger partial charge >= 0.3 is 0 Å². The van der Waals surface area contributed by atoms with Crippen LogP contribution in [0.4, 0.5) is 22.7 Å². The van der Waals surface area contributed by atoms with Crippen LogP contribution in [0.25, 0.3) is 0 Å². The number of piperazine rings is 2. The average Bonchev–Trinajstić information content (AvgIpc) is 3.07. The smallest absolute Gasteiger partial charge is 0.269 e. The molecule has 5 rings (SSSR count). The monoisotopic (exact) mass is 636 g/mol. The summed E-state index contributed by atoms with van der Waals surface area (Å²) in [7, 11) is 0. The molecule has 2 aliphatic heterocycles. The van der Waals surface area contributed by atoms with Crippen molar-refractivity contribution < 1.29 is 29.5 Å². The zero-order valence-corrected chi connectivity index (χ0v) is 25.6. The van der Waals surface area contributed by atoms with Crippen molar-refractivity contribution in [3.63, 3.8) is 0 Å². The Bertz CT molecular complexity index is 1300. The molecule has 14 heteroatoms. The van der Waals surface area contributed by atoms with E-state index in [-0.39, 0.29) is 24.6 Å². The van der Waals surface area contributed by atoms with Gasteiger partial charge in [-0.25, -0.2) is 0 Å². The standard InChI is InChI=1S/C32H40N6O8/c39-29(21-33-13-17-35(18-14-33)25-1-5-27(6-2-25)37(41)42)23-45-31-9-11-32(12-10-31)46-24-30(40)22-34-15-19-36(20-16-34)26-3-7-28(8-4-26)38(43)44/h1-12,29-30,39-40H,13-24H2/t29-,30-/m0/s1.